The summed E-state index contributed by atoms with van der Waals surface area (Å²) in [5, 5.41) is 0. The molecular weight excluding hydrogens is 302 g/mol. The van der Waals surface area contributed by atoms with E-state index in [0.717, 1.165) is 12.8 Å². The molecule has 1 aromatic rings. The summed E-state index contributed by atoms with van der Waals surface area (Å²) in [6.45, 7) is 1.09. The number of carbonyl (C=O) groups excluding carboxylic acids is 1. The minimum atomic E-state index is -2.75. The Morgan fingerprint density at radius 2 is 2.00 bits per heavy atom. The molecule has 3 fully saturated rings. The maximum absolute atomic E-state index is 14.7. The van der Waals surface area contributed by atoms with Gasteiger partial charge in [0.15, 0.2) is 0 Å². The molecule has 0 bridgehead atoms. The second-order valence-electron chi connectivity index (χ2n) is 7.00. The van der Waals surface area contributed by atoms with Gasteiger partial charge >= 0.3 is 0 Å². The fraction of sp³-hybridized carbons (Fsp3) is 0.688. The highest BCUT2D eigenvalue weighted by molar-refractivity contribution is 5.81. The average molecular weight is 322 g/mol. The Kier molecular flexibility index (Phi) is 3.28. The van der Waals surface area contributed by atoms with E-state index in [1.165, 1.54) is 0 Å². The maximum Gasteiger partial charge on any atom is 0.258 e. The van der Waals surface area contributed by atoms with E-state index in [2.05, 4.69) is 9.97 Å². The Morgan fingerprint density at radius 1 is 1.17 bits per heavy atom. The summed E-state index contributed by atoms with van der Waals surface area (Å²) < 4.78 is 29.4. The number of alkyl halides is 2. The third-order valence-electron chi connectivity index (χ3n) is 5.43. The van der Waals surface area contributed by atoms with Gasteiger partial charge in [-0.15, -0.1) is 0 Å². The number of hydrogen-bond donors (Lipinski definition) is 0. The summed E-state index contributed by atoms with van der Waals surface area (Å²) >= 11 is 0. The number of carbonyl (C=O) groups is 1. The molecule has 1 amide bonds. The molecule has 7 heteroatoms. The number of halogens is 2. The van der Waals surface area contributed by atoms with Gasteiger partial charge in [0.25, 0.3) is 5.92 Å². The minimum Gasteiger partial charge on any atom is -0.354 e. The van der Waals surface area contributed by atoms with E-state index < -0.39 is 11.3 Å². The van der Waals surface area contributed by atoms with Crippen molar-refractivity contribution in [3.05, 3.63) is 18.6 Å². The quantitative estimate of drug-likeness (QED) is 0.835. The van der Waals surface area contributed by atoms with Crippen LogP contribution in [0.4, 0.5) is 14.6 Å². The Bertz CT molecular complexity index is 607. The molecule has 4 rings (SSSR count). The van der Waals surface area contributed by atoms with Crippen molar-refractivity contribution in [2.24, 2.45) is 11.3 Å². The molecule has 0 radical (unpaired) electrons. The van der Waals surface area contributed by atoms with E-state index >= 15 is 0 Å². The number of hydrogen-bond acceptors (Lipinski definition) is 4. The Hall–Kier alpha value is -1.79. The van der Waals surface area contributed by atoms with Crippen molar-refractivity contribution in [1.29, 1.82) is 0 Å². The van der Waals surface area contributed by atoms with Crippen LogP contribution in [0.5, 0.6) is 0 Å². The summed E-state index contributed by atoms with van der Waals surface area (Å²) in [6, 6.07) is 0. The van der Waals surface area contributed by atoms with Gasteiger partial charge in [-0.3, -0.25) is 9.78 Å². The molecule has 3 aliphatic rings. The van der Waals surface area contributed by atoms with Crippen LogP contribution in [0.2, 0.25) is 0 Å². The number of piperidine rings is 1. The highest BCUT2D eigenvalue weighted by atomic mass is 19.3. The standard InChI is InChI=1S/C16H20F2N4O/c17-16(18)4-8-22(14(23)12-1-2-12)11-15(16)3-7-21(10-15)13-9-19-5-6-20-13/h5-6,9,12H,1-4,7-8,10-11H2. The molecule has 0 N–H and O–H groups in total. The van der Waals surface area contributed by atoms with Crippen LogP contribution in [0.1, 0.15) is 25.7 Å². The Labute approximate surface area is 133 Å². The first kappa shape index (κ1) is 14.8. The van der Waals surface area contributed by atoms with E-state index in [1.54, 1.807) is 23.5 Å². The number of aromatic nitrogens is 2. The topological polar surface area (TPSA) is 49.3 Å². The largest absolute Gasteiger partial charge is 0.354 e. The highest BCUT2D eigenvalue weighted by Crippen LogP contribution is 2.50. The third-order valence-corrected chi connectivity index (χ3v) is 5.43. The zero-order valence-electron chi connectivity index (χ0n) is 12.9. The van der Waals surface area contributed by atoms with Gasteiger partial charge in [0, 0.05) is 50.9 Å². The van der Waals surface area contributed by atoms with Gasteiger partial charge in [-0.25, -0.2) is 13.8 Å². The number of nitrogens with zero attached hydrogens (tertiary/aromatic N) is 4. The zero-order valence-corrected chi connectivity index (χ0v) is 12.9. The summed E-state index contributed by atoms with van der Waals surface area (Å²) in [7, 11) is 0. The lowest BCUT2D eigenvalue weighted by molar-refractivity contribution is -0.169. The summed E-state index contributed by atoms with van der Waals surface area (Å²) in [5.41, 5.74) is -1.16. The van der Waals surface area contributed by atoms with Crippen molar-refractivity contribution in [3.63, 3.8) is 0 Å². The van der Waals surface area contributed by atoms with Crippen LogP contribution >= 0.6 is 0 Å². The summed E-state index contributed by atoms with van der Waals surface area (Å²) in [5.74, 6) is -1.97. The molecule has 1 spiro atoms. The lowest BCUT2D eigenvalue weighted by Gasteiger charge is -2.46. The van der Waals surface area contributed by atoms with E-state index in [9.17, 15) is 13.6 Å². The Balaban J connectivity index is 1.56. The van der Waals surface area contributed by atoms with Crippen molar-refractivity contribution in [2.75, 3.05) is 31.1 Å². The number of rotatable bonds is 2. The van der Waals surface area contributed by atoms with Crippen LogP contribution in [-0.4, -0.2) is 52.9 Å². The molecule has 2 saturated heterocycles. The molecule has 1 atom stereocenters. The first-order valence-corrected chi connectivity index (χ1v) is 8.18. The smallest absolute Gasteiger partial charge is 0.258 e. The van der Waals surface area contributed by atoms with Crippen molar-refractivity contribution in [2.45, 2.75) is 31.6 Å². The van der Waals surface area contributed by atoms with Crippen molar-refractivity contribution in [3.8, 4) is 0 Å². The lowest BCUT2D eigenvalue weighted by atomic mass is 9.75. The monoisotopic (exact) mass is 322 g/mol. The lowest BCUT2D eigenvalue weighted by Crippen LogP contribution is -2.58. The molecule has 2 aliphatic heterocycles. The van der Waals surface area contributed by atoms with Crippen LogP contribution < -0.4 is 4.90 Å². The van der Waals surface area contributed by atoms with Gasteiger partial charge in [0.2, 0.25) is 5.91 Å². The predicted octanol–water partition coefficient (Wildman–Crippen LogP) is 1.95. The molecule has 5 nitrogen and oxygen atoms in total. The van der Waals surface area contributed by atoms with Crippen LogP contribution in [0, 0.1) is 11.3 Å². The van der Waals surface area contributed by atoms with Gasteiger partial charge in [-0.05, 0) is 19.3 Å². The normalized spacial score (nSPS) is 30.0. The number of likely N-dealkylation sites (tertiary alicyclic amines) is 1. The number of anilines is 1. The summed E-state index contributed by atoms with van der Waals surface area (Å²) in [4.78, 5) is 24.1. The molecule has 0 aromatic carbocycles. The van der Waals surface area contributed by atoms with Crippen LogP contribution in [0.25, 0.3) is 0 Å². The molecular formula is C16H20F2N4O. The predicted molar refractivity (Wildman–Crippen MR) is 80.2 cm³/mol. The third kappa shape index (κ3) is 2.46. The van der Waals surface area contributed by atoms with E-state index in [4.69, 9.17) is 0 Å². The molecule has 23 heavy (non-hydrogen) atoms. The zero-order chi connectivity index (χ0) is 16.1. The van der Waals surface area contributed by atoms with Gasteiger partial charge in [0.05, 0.1) is 11.6 Å². The summed E-state index contributed by atoms with van der Waals surface area (Å²) in [6.07, 6.45) is 6.70. The molecule has 1 unspecified atom stereocenters. The second kappa shape index (κ2) is 5.11. The fourth-order valence-corrected chi connectivity index (χ4v) is 3.83. The molecule has 1 aliphatic carbocycles. The van der Waals surface area contributed by atoms with Crippen LogP contribution in [0.15, 0.2) is 18.6 Å². The molecule has 124 valence electrons. The van der Waals surface area contributed by atoms with Gasteiger partial charge < -0.3 is 9.80 Å². The van der Waals surface area contributed by atoms with Crippen molar-refractivity contribution in [1.82, 2.24) is 14.9 Å². The van der Waals surface area contributed by atoms with Crippen molar-refractivity contribution < 1.29 is 13.6 Å². The van der Waals surface area contributed by atoms with E-state index in [0.29, 0.717) is 18.8 Å². The SMILES string of the molecule is O=C(C1CC1)N1CCC(F)(F)C2(CCN(c3cnccn3)C2)C1. The minimum absolute atomic E-state index is 0.0674. The highest BCUT2D eigenvalue weighted by Gasteiger charge is 2.60. The second-order valence-corrected chi connectivity index (χ2v) is 7.00. The maximum atomic E-state index is 14.7. The molecule has 1 aromatic heterocycles. The van der Waals surface area contributed by atoms with Gasteiger partial charge in [0.1, 0.15) is 5.82 Å². The first-order valence-electron chi connectivity index (χ1n) is 8.18. The average Bonchev–Trinajstić information content (AvgIpc) is 3.31. The Morgan fingerprint density at radius 3 is 2.70 bits per heavy atom. The van der Waals surface area contributed by atoms with Crippen LogP contribution in [-0.2, 0) is 4.79 Å². The number of amides is 1. The first-order chi connectivity index (χ1) is 11.0. The van der Waals surface area contributed by atoms with E-state index in [1.807, 2.05) is 4.90 Å². The van der Waals surface area contributed by atoms with Crippen LogP contribution in [0.3, 0.4) is 0 Å². The van der Waals surface area contributed by atoms with Gasteiger partial charge in [-0.1, -0.05) is 0 Å². The fourth-order valence-electron chi connectivity index (χ4n) is 3.83. The van der Waals surface area contributed by atoms with Gasteiger partial charge in [-0.2, -0.15) is 0 Å². The van der Waals surface area contributed by atoms with Crippen molar-refractivity contribution >= 4 is 11.7 Å². The molecule has 1 saturated carbocycles. The molecule has 3 heterocycles. The van der Waals surface area contributed by atoms with E-state index in [-0.39, 0.29) is 37.9 Å².